The van der Waals surface area contributed by atoms with Crippen molar-refractivity contribution in [2.45, 2.75) is 19.7 Å². The molecule has 5 aromatic rings. The summed E-state index contributed by atoms with van der Waals surface area (Å²) in [5, 5.41) is 4.33. The molecule has 0 radical (unpaired) electrons. The van der Waals surface area contributed by atoms with Crippen LogP contribution < -0.4 is 19.3 Å². The molecule has 7 nitrogen and oxygen atoms in total. The summed E-state index contributed by atoms with van der Waals surface area (Å²) < 4.78 is 19.1. The molecule has 0 saturated heterocycles. The van der Waals surface area contributed by atoms with Crippen LogP contribution >= 0.6 is 0 Å². The second-order valence-corrected chi connectivity index (χ2v) is 10.3. The molecule has 216 valence electrons. The number of benzene rings is 4. The van der Waals surface area contributed by atoms with Gasteiger partial charge in [-0.1, -0.05) is 42.5 Å². The van der Waals surface area contributed by atoms with Crippen LogP contribution in [0.4, 0.5) is 11.4 Å². The largest absolute Gasteiger partial charge is 0.497 e. The molecule has 1 aromatic heterocycles. The van der Waals surface area contributed by atoms with Crippen molar-refractivity contribution in [3.05, 3.63) is 132 Å². The zero-order valence-corrected chi connectivity index (χ0v) is 24.5. The van der Waals surface area contributed by atoms with E-state index < -0.39 is 0 Å². The summed E-state index contributed by atoms with van der Waals surface area (Å²) in [6, 6.07) is 35.4. The van der Waals surface area contributed by atoms with Gasteiger partial charge in [0.2, 0.25) is 0 Å². The maximum atomic E-state index is 5.91. The topological polar surface area (TPSA) is 52.0 Å². The van der Waals surface area contributed by atoms with Crippen molar-refractivity contribution < 1.29 is 14.2 Å². The van der Waals surface area contributed by atoms with E-state index in [1.165, 1.54) is 11.1 Å². The minimum atomic E-state index is 0.502. The van der Waals surface area contributed by atoms with Gasteiger partial charge < -0.3 is 24.0 Å². The van der Waals surface area contributed by atoms with Gasteiger partial charge in [-0.3, -0.25) is 0 Å². The van der Waals surface area contributed by atoms with Crippen LogP contribution in [0.5, 0.6) is 11.5 Å². The highest BCUT2D eigenvalue weighted by atomic mass is 16.5. The summed E-state index contributed by atoms with van der Waals surface area (Å²) in [5.74, 6) is 1.71. The monoisotopic (exact) mass is 562 g/mol. The fourth-order valence-electron chi connectivity index (χ4n) is 4.69. The Hall–Kier alpha value is -4.75. The molecule has 7 heteroatoms. The number of rotatable bonds is 14. The highest BCUT2D eigenvalue weighted by molar-refractivity contribution is 5.50. The van der Waals surface area contributed by atoms with Crippen molar-refractivity contribution in [2.75, 3.05) is 44.2 Å². The Balaban J connectivity index is 1.20. The lowest BCUT2D eigenvalue weighted by Gasteiger charge is -2.26. The zero-order chi connectivity index (χ0) is 29.1. The van der Waals surface area contributed by atoms with Gasteiger partial charge in [-0.05, 0) is 71.3 Å². The number of hydrogen-bond donors (Lipinski definition) is 0. The molecule has 0 spiro atoms. The highest BCUT2D eigenvalue weighted by Gasteiger charge is 2.11. The second kappa shape index (κ2) is 14.2. The minimum absolute atomic E-state index is 0.502. The number of aromatic nitrogens is 2. The lowest BCUT2D eigenvalue weighted by molar-refractivity contribution is 0.0889. The Kier molecular flexibility index (Phi) is 9.75. The van der Waals surface area contributed by atoms with E-state index in [-0.39, 0.29) is 0 Å². The average Bonchev–Trinajstić information content (AvgIpc) is 3.57. The van der Waals surface area contributed by atoms with Crippen molar-refractivity contribution in [1.82, 2.24) is 9.78 Å². The van der Waals surface area contributed by atoms with Crippen molar-refractivity contribution in [2.24, 2.45) is 0 Å². The first kappa shape index (κ1) is 28.8. The lowest BCUT2D eigenvalue weighted by Crippen LogP contribution is -2.22. The van der Waals surface area contributed by atoms with E-state index in [1.54, 1.807) is 13.3 Å². The van der Waals surface area contributed by atoms with Crippen LogP contribution in [0.15, 0.2) is 116 Å². The van der Waals surface area contributed by atoms with E-state index in [0.717, 1.165) is 47.2 Å². The molecule has 1 heterocycles. The summed E-state index contributed by atoms with van der Waals surface area (Å²) in [5.41, 5.74) is 6.82. The second-order valence-electron chi connectivity index (χ2n) is 10.3. The summed E-state index contributed by atoms with van der Waals surface area (Å²) >= 11 is 0. The normalized spacial score (nSPS) is 10.8. The molecule has 42 heavy (non-hydrogen) atoms. The number of ether oxygens (including phenoxy) is 3. The van der Waals surface area contributed by atoms with Crippen molar-refractivity contribution in [3.8, 4) is 17.2 Å². The summed E-state index contributed by atoms with van der Waals surface area (Å²) in [6.07, 6.45) is 3.74. The van der Waals surface area contributed by atoms with Crippen LogP contribution in [-0.2, 0) is 24.4 Å². The Morgan fingerprint density at radius 1 is 0.690 bits per heavy atom. The summed E-state index contributed by atoms with van der Waals surface area (Å²) in [4.78, 5) is 4.43. The summed E-state index contributed by atoms with van der Waals surface area (Å²) in [6.45, 7) is 3.07. The standard InChI is InChI=1S/C35H38N4O3/c1-37(2)33-8-5-10-35(24-33)42-22-21-41-27-29-13-15-31(16-14-29)38(26-30-7-4-9-34(23-30)40-3)25-28-11-17-32(18-12-28)39-20-6-19-36-39/h4-20,23-24H,21-22,25-27H2,1-3H3. The van der Waals surface area contributed by atoms with E-state index in [4.69, 9.17) is 14.2 Å². The fraction of sp³-hybridized carbons (Fsp3) is 0.229. The predicted octanol–water partition coefficient (Wildman–Crippen LogP) is 6.75. The van der Waals surface area contributed by atoms with E-state index in [1.807, 2.05) is 61.4 Å². The van der Waals surface area contributed by atoms with Gasteiger partial charge in [-0.2, -0.15) is 5.10 Å². The van der Waals surface area contributed by atoms with Gasteiger partial charge in [0.05, 0.1) is 26.0 Å². The van der Waals surface area contributed by atoms with Gasteiger partial charge in [-0.15, -0.1) is 0 Å². The Labute approximate surface area is 248 Å². The number of nitrogens with zero attached hydrogens (tertiary/aromatic N) is 4. The Morgan fingerprint density at radius 3 is 2.17 bits per heavy atom. The molecule has 0 aliphatic rings. The predicted molar refractivity (Wildman–Crippen MR) is 169 cm³/mol. The molecule has 0 N–H and O–H groups in total. The maximum Gasteiger partial charge on any atom is 0.121 e. The zero-order valence-electron chi connectivity index (χ0n) is 24.5. The fourth-order valence-corrected chi connectivity index (χ4v) is 4.69. The number of hydrogen-bond acceptors (Lipinski definition) is 6. The average molecular weight is 563 g/mol. The molecule has 0 unspecified atom stereocenters. The molecule has 0 atom stereocenters. The van der Waals surface area contributed by atoms with Gasteiger partial charge in [0.15, 0.2) is 0 Å². The highest BCUT2D eigenvalue weighted by Crippen LogP contribution is 2.24. The molecular weight excluding hydrogens is 524 g/mol. The van der Waals surface area contributed by atoms with Crippen LogP contribution in [0.2, 0.25) is 0 Å². The first-order chi connectivity index (χ1) is 20.6. The molecule has 4 aromatic carbocycles. The molecule has 0 fully saturated rings. The first-order valence-electron chi connectivity index (χ1n) is 14.1. The molecule has 0 aliphatic carbocycles. The lowest BCUT2D eigenvalue weighted by atomic mass is 10.1. The van der Waals surface area contributed by atoms with E-state index in [2.05, 4.69) is 81.6 Å². The van der Waals surface area contributed by atoms with Crippen LogP contribution in [0.1, 0.15) is 16.7 Å². The molecule has 0 amide bonds. The van der Waals surface area contributed by atoms with Gasteiger partial charge in [0, 0.05) is 57.0 Å². The van der Waals surface area contributed by atoms with Gasteiger partial charge in [0.25, 0.3) is 0 Å². The smallest absolute Gasteiger partial charge is 0.121 e. The van der Waals surface area contributed by atoms with Crippen LogP contribution in [-0.4, -0.2) is 44.2 Å². The van der Waals surface area contributed by atoms with Crippen molar-refractivity contribution in [1.29, 1.82) is 0 Å². The molecule has 0 saturated carbocycles. The third-order valence-electron chi connectivity index (χ3n) is 6.99. The quantitative estimate of drug-likeness (QED) is 0.140. The Morgan fingerprint density at radius 2 is 1.43 bits per heavy atom. The van der Waals surface area contributed by atoms with Crippen molar-refractivity contribution >= 4 is 11.4 Å². The minimum Gasteiger partial charge on any atom is -0.497 e. The van der Waals surface area contributed by atoms with E-state index in [0.29, 0.717) is 19.8 Å². The van der Waals surface area contributed by atoms with Crippen molar-refractivity contribution in [3.63, 3.8) is 0 Å². The van der Waals surface area contributed by atoms with Gasteiger partial charge >= 0.3 is 0 Å². The van der Waals surface area contributed by atoms with Gasteiger partial charge in [0.1, 0.15) is 18.1 Å². The molecular formula is C35H38N4O3. The maximum absolute atomic E-state index is 5.91. The third kappa shape index (κ3) is 7.92. The Bertz CT molecular complexity index is 1520. The third-order valence-corrected chi connectivity index (χ3v) is 6.99. The van der Waals surface area contributed by atoms with E-state index in [9.17, 15) is 0 Å². The van der Waals surface area contributed by atoms with Crippen LogP contribution in [0.25, 0.3) is 5.69 Å². The van der Waals surface area contributed by atoms with Crippen LogP contribution in [0, 0.1) is 0 Å². The van der Waals surface area contributed by atoms with Gasteiger partial charge in [-0.25, -0.2) is 4.68 Å². The van der Waals surface area contributed by atoms with Crippen LogP contribution in [0.3, 0.4) is 0 Å². The van der Waals surface area contributed by atoms with E-state index >= 15 is 0 Å². The molecule has 5 rings (SSSR count). The number of methoxy groups -OCH3 is 1. The SMILES string of the molecule is COc1cccc(CN(Cc2ccc(-n3cccn3)cc2)c2ccc(COCCOc3cccc(N(C)C)c3)cc2)c1. The molecule has 0 bridgehead atoms. The number of anilines is 2. The first-order valence-corrected chi connectivity index (χ1v) is 14.1. The summed E-state index contributed by atoms with van der Waals surface area (Å²) in [7, 11) is 5.74. The molecule has 0 aliphatic heterocycles.